The second kappa shape index (κ2) is 8.15. The summed E-state index contributed by atoms with van der Waals surface area (Å²) in [5.41, 5.74) is 2.40. The number of nitrogens with one attached hydrogen (secondary N) is 1. The van der Waals surface area contributed by atoms with Crippen molar-refractivity contribution in [1.82, 2.24) is 19.1 Å². The van der Waals surface area contributed by atoms with E-state index < -0.39 is 10.2 Å². The molecule has 0 saturated carbocycles. The minimum Gasteiger partial charge on any atom is -0.380 e. The monoisotopic (exact) mass is 479 g/mol. The van der Waals surface area contributed by atoms with Crippen LogP contribution in [0.4, 0.5) is 5.69 Å². The predicted octanol–water partition coefficient (Wildman–Crippen LogP) is 2.87. The molecule has 176 valence electrons. The zero-order valence-corrected chi connectivity index (χ0v) is 20.0. The Morgan fingerprint density at radius 3 is 2.56 bits per heavy atom. The van der Waals surface area contributed by atoms with Crippen LogP contribution in [0.3, 0.4) is 0 Å². The largest absolute Gasteiger partial charge is 0.380 e. The van der Waals surface area contributed by atoms with Gasteiger partial charge in [-0.05, 0) is 29.7 Å². The number of aromatic nitrogens is 3. The van der Waals surface area contributed by atoms with Gasteiger partial charge < -0.3 is 4.74 Å². The maximum atomic E-state index is 13.5. The van der Waals surface area contributed by atoms with Crippen molar-refractivity contribution in [2.24, 2.45) is 5.41 Å². The average Bonchev–Trinajstić information content (AvgIpc) is 3.19. The van der Waals surface area contributed by atoms with Crippen LogP contribution in [-0.4, -0.2) is 54.8 Å². The van der Waals surface area contributed by atoms with Gasteiger partial charge in [-0.15, -0.1) is 0 Å². The van der Waals surface area contributed by atoms with Gasteiger partial charge in [-0.1, -0.05) is 19.1 Å². The number of ether oxygens (including phenoxy) is 1. The lowest BCUT2D eigenvalue weighted by molar-refractivity contribution is -0.111. The molecule has 1 N–H and O–H groups in total. The number of nitrogens with zero attached hydrogens (tertiary/aromatic N) is 4. The summed E-state index contributed by atoms with van der Waals surface area (Å²) in [6, 6.07) is 10.3. The van der Waals surface area contributed by atoms with Crippen molar-refractivity contribution in [2.75, 3.05) is 32.0 Å². The van der Waals surface area contributed by atoms with Crippen LogP contribution in [0.2, 0.25) is 0 Å². The lowest BCUT2D eigenvalue weighted by Crippen LogP contribution is -2.43. The highest BCUT2D eigenvalue weighted by molar-refractivity contribution is 7.90. The highest BCUT2D eigenvalue weighted by Gasteiger charge is 2.34. The highest BCUT2D eigenvalue weighted by atomic mass is 32.2. The van der Waals surface area contributed by atoms with Crippen molar-refractivity contribution in [1.29, 1.82) is 0 Å². The summed E-state index contributed by atoms with van der Waals surface area (Å²) in [4.78, 5) is 18.0. The number of fused-ring (bicyclic) bond motifs is 2. The quantitative estimate of drug-likeness (QED) is 0.456. The fourth-order valence-electron chi connectivity index (χ4n) is 4.00. The summed E-state index contributed by atoms with van der Waals surface area (Å²) in [6.45, 7) is 4.36. The van der Waals surface area contributed by atoms with E-state index in [4.69, 9.17) is 4.74 Å². The molecular weight excluding hydrogens is 454 g/mol. The van der Waals surface area contributed by atoms with E-state index in [1.807, 2.05) is 23.0 Å². The molecule has 10 heteroatoms. The van der Waals surface area contributed by atoms with E-state index in [0.29, 0.717) is 27.4 Å². The summed E-state index contributed by atoms with van der Waals surface area (Å²) >= 11 is 0. The van der Waals surface area contributed by atoms with Gasteiger partial charge >= 0.3 is 10.2 Å². The zero-order chi connectivity index (χ0) is 24.1. The summed E-state index contributed by atoms with van der Waals surface area (Å²) in [5.74, 6) is 0. The fourth-order valence-corrected chi connectivity index (χ4v) is 4.60. The van der Waals surface area contributed by atoms with Gasteiger partial charge in [0.25, 0.3) is 0 Å². The van der Waals surface area contributed by atoms with E-state index in [2.05, 4.69) is 21.7 Å². The number of hydrogen-bond acceptors (Lipinski definition) is 6. The van der Waals surface area contributed by atoms with Gasteiger partial charge in [0.1, 0.15) is 0 Å². The SMILES string of the molecule is CN(C)S(=O)(=O)Nc1ccc2ccc3ncc(-c4cnn(CC5(C)COC5)c4)cc3c(=O)c2c1. The third-order valence-electron chi connectivity index (χ3n) is 6.02. The van der Waals surface area contributed by atoms with Gasteiger partial charge in [0.15, 0.2) is 5.43 Å². The van der Waals surface area contributed by atoms with Gasteiger partial charge in [-0.2, -0.15) is 17.8 Å². The maximum Gasteiger partial charge on any atom is 0.301 e. The molecule has 2 aromatic heterocycles. The maximum absolute atomic E-state index is 13.5. The minimum atomic E-state index is -3.69. The second-order valence-electron chi connectivity index (χ2n) is 9.24. The first-order valence-electron chi connectivity index (χ1n) is 10.8. The Morgan fingerprint density at radius 1 is 1.09 bits per heavy atom. The van der Waals surface area contributed by atoms with Crippen LogP contribution in [0.1, 0.15) is 6.92 Å². The Balaban J connectivity index is 1.57. The molecule has 0 radical (unpaired) electrons. The molecule has 4 aromatic rings. The van der Waals surface area contributed by atoms with E-state index in [1.165, 1.54) is 14.1 Å². The van der Waals surface area contributed by atoms with Crippen molar-refractivity contribution < 1.29 is 13.2 Å². The van der Waals surface area contributed by atoms with E-state index >= 15 is 0 Å². The molecule has 0 bridgehead atoms. The number of benzene rings is 1. The Kier molecular flexibility index (Phi) is 5.38. The molecule has 0 atom stereocenters. The molecule has 0 amide bonds. The first kappa shape index (κ1) is 22.5. The Morgan fingerprint density at radius 2 is 1.85 bits per heavy atom. The minimum absolute atomic E-state index is 0.0889. The fraction of sp³-hybridized carbons (Fsp3) is 0.292. The molecule has 1 saturated heterocycles. The Bertz CT molecular complexity index is 1580. The van der Waals surface area contributed by atoms with Crippen LogP contribution in [0, 0.1) is 5.41 Å². The topological polar surface area (TPSA) is 106 Å². The lowest BCUT2D eigenvalue weighted by atomic mass is 9.89. The third-order valence-corrected chi connectivity index (χ3v) is 7.48. The zero-order valence-electron chi connectivity index (χ0n) is 19.1. The first-order chi connectivity index (χ1) is 16.1. The molecule has 34 heavy (non-hydrogen) atoms. The molecule has 9 nitrogen and oxygen atoms in total. The summed E-state index contributed by atoms with van der Waals surface area (Å²) in [6.07, 6.45) is 5.45. The number of pyridine rings is 1. The highest BCUT2D eigenvalue weighted by Crippen LogP contribution is 2.29. The molecule has 3 heterocycles. The van der Waals surface area contributed by atoms with Crippen LogP contribution >= 0.6 is 0 Å². The molecule has 1 aliphatic rings. The van der Waals surface area contributed by atoms with Crippen LogP contribution < -0.4 is 10.2 Å². The predicted molar refractivity (Wildman–Crippen MR) is 132 cm³/mol. The van der Waals surface area contributed by atoms with Crippen LogP contribution in [-0.2, 0) is 21.5 Å². The van der Waals surface area contributed by atoms with Crippen molar-refractivity contribution in [3.63, 3.8) is 0 Å². The molecule has 5 rings (SSSR count). The summed E-state index contributed by atoms with van der Waals surface area (Å²) in [7, 11) is -0.820. The average molecular weight is 480 g/mol. The standard InChI is InChI=1S/C24H25N5O4S/c1-24(14-33-15-24)13-29-12-18(11-26-29)17-8-21-22(25-10-17)7-5-16-4-6-19(9-20(16)23(21)30)27-34(31,32)28(2)3/h4-12,27H,13-15H2,1-3H3. The van der Waals surface area contributed by atoms with Gasteiger partial charge in [0.2, 0.25) is 0 Å². The van der Waals surface area contributed by atoms with Crippen molar-refractivity contribution in [3.8, 4) is 11.1 Å². The van der Waals surface area contributed by atoms with Gasteiger partial charge in [0.05, 0.1) is 37.2 Å². The van der Waals surface area contributed by atoms with E-state index in [1.54, 1.807) is 36.7 Å². The smallest absolute Gasteiger partial charge is 0.301 e. The second-order valence-corrected chi connectivity index (χ2v) is 11.1. The molecular formula is C24H25N5O4S. The lowest BCUT2D eigenvalue weighted by Gasteiger charge is -2.37. The number of hydrogen-bond donors (Lipinski definition) is 1. The van der Waals surface area contributed by atoms with Gasteiger partial charge in [-0.25, -0.2) is 0 Å². The van der Waals surface area contributed by atoms with Crippen molar-refractivity contribution >= 4 is 37.6 Å². The first-order valence-corrected chi connectivity index (χ1v) is 12.3. The van der Waals surface area contributed by atoms with E-state index in [-0.39, 0.29) is 10.8 Å². The van der Waals surface area contributed by atoms with Crippen molar-refractivity contribution in [2.45, 2.75) is 13.5 Å². The van der Waals surface area contributed by atoms with Crippen molar-refractivity contribution in [3.05, 3.63) is 65.2 Å². The van der Waals surface area contributed by atoms with E-state index in [9.17, 15) is 13.2 Å². The molecule has 0 spiro atoms. The Labute approximate surface area is 197 Å². The van der Waals surface area contributed by atoms with Crippen LogP contribution in [0.25, 0.3) is 32.8 Å². The van der Waals surface area contributed by atoms with Crippen LogP contribution in [0.15, 0.2) is 59.8 Å². The summed E-state index contributed by atoms with van der Waals surface area (Å²) < 4.78 is 35.2. The number of rotatable bonds is 6. The molecule has 0 aliphatic carbocycles. The van der Waals surface area contributed by atoms with E-state index in [0.717, 1.165) is 35.2 Å². The van der Waals surface area contributed by atoms with Crippen LogP contribution in [0.5, 0.6) is 0 Å². The normalized spacial score (nSPS) is 15.5. The number of anilines is 1. The molecule has 2 aromatic carbocycles. The molecule has 1 fully saturated rings. The third kappa shape index (κ3) is 4.15. The Hall–Kier alpha value is -3.34. The molecule has 1 aliphatic heterocycles. The van der Waals surface area contributed by atoms with Gasteiger partial charge in [0, 0.05) is 53.8 Å². The van der Waals surface area contributed by atoms with Gasteiger partial charge in [-0.3, -0.25) is 19.2 Å². The molecule has 0 unspecified atom stereocenters. The summed E-state index contributed by atoms with van der Waals surface area (Å²) in [5, 5.41) is 6.02.